The Kier molecular flexibility index (Phi) is 6.07. The van der Waals surface area contributed by atoms with Crippen molar-refractivity contribution in [2.45, 2.75) is 58.7 Å². The molecule has 0 amide bonds. The lowest BCUT2D eigenvalue weighted by Gasteiger charge is -2.34. The first-order valence-electron chi connectivity index (χ1n) is 6.43. The zero-order valence-electron chi connectivity index (χ0n) is 11.2. The molecule has 3 atom stereocenters. The summed E-state index contributed by atoms with van der Waals surface area (Å²) in [7, 11) is 1.83. The van der Waals surface area contributed by atoms with Gasteiger partial charge in [-0.1, -0.05) is 24.5 Å². The predicted molar refractivity (Wildman–Crippen MR) is 67.6 cm³/mol. The summed E-state index contributed by atoms with van der Waals surface area (Å²) in [5.74, 6) is 0.573. The van der Waals surface area contributed by atoms with Crippen LogP contribution in [0.15, 0.2) is 11.6 Å². The van der Waals surface area contributed by atoms with Crippen molar-refractivity contribution in [2.24, 2.45) is 5.92 Å². The van der Waals surface area contributed by atoms with Crippen molar-refractivity contribution in [1.29, 1.82) is 0 Å². The van der Waals surface area contributed by atoms with Crippen LogP contribution in [0, 0.1) is 5.92 Å². The van der Waals surface area contributed by atoms with Gasteiger partial charge in [-0.25, -0.2) is 0 Å². The molecule has 0 aromatic heterocycles. The van der Waals surface area contributed by atoms with Crippen LogP contribution in [0.3, 0.4) is 0 Å². The second kappa shape index (κ2) is 7.08. The van der Waals surface area contributed by atoms with Crippen molar-refractivity contribution in [3.63, 3.8) is 0 Å². The van der Waals surface area contributed by atoms with E-state index in [-0.39, 0.29) is 0 Å². The fourth-order valence-corrected chi connectivity index (χ4v) is 2.45. The molecule has 0 aliphatic heterocycles. The zero-order chi connectivity index (χ0) is 12.0. The van der Waals surface area contributed by atoms with E-state index in [0.717, 1.165) is 6.61 Å². The van der Waals surface area contributed by atoms with E-state index in [1.165, 1.54) is 31.3 Å². The van der Waals surface area contributed by atoms with Gasteiger partial charge in [0.1, 0.15) is 0 Å². The Bertz CT molecular complexity index is 219. The molecule has 1 aliphatic carbocycles. The molecule has 0 bridgehead atoms. The van der Waals surface area contributed by atoms with Gasteiger partial charge < -0.3 is 9.47 Å². The Morgan fingerprint density at radius 3 is 2.62 bits per heavy atom. The summed E-state index contributed by atoms with van der Waals surface area (Å²) in [6.07, 6.45) is 7.90. The number of ether oxygens (including phenoxy) is 2. The molecule has 2 nitrogen and oxygen atoms in total. The maximum atomic E-state index is 5.87. The van der Waals surface area contributed by atoms with Gasteiger partial charge in [0.05, 0.1) is 18.8 Å². The van der Waals surface area contributed by atoms with E-state index in [1.54, 1.807) is 0 Å². The molecule has 0 aromatic carbocycles. The molecule has 0 spiro atoms. The van der Waals surface area contributed by atoms with E-state index in [1.807, 2.05) is 7.11 Å². The minimum atomic E-state index is 0.306. The van der Waals surface area contributed by atoms with Gasteiger partial charge in [-0.2, -0.15) is 0 Å². The van der Waals surface area contributed by atoms with Gasteiger partial charge in [0, 0.05) is 13.0 Å². The number of methoxy groups -OCH3 is 1. The third-order valence-electron chi connectivity index (χ3n) is 3.51. The van der Waals surface area contributed by atoms with Crippen LogP contribution in [0.2, 0.25) is 0 Å². The standard InChI is InChI=1S/C14H26O2/c1-11(2)9-10-16-12(3)13-7-5-6-8-14(13)15-4/h9,12-14H,5-8,10H2,1-4H3. The molecule has 3 unspecified atom stereocenters. The Balaban J connectivity index is 2.38. The van der Waals surface area contributed by atoms with Crippen LogP contribution >= 0.6 is 0 Å². The van der Waals surface area contributed by atoms with Crippen LogP contribution in [0.1, 0.15) is 46.5 Å². The second-order valence-electron chi connectivity index (χ2n) is 5.04. The second-order valence-corrected chi connectivity index (χ2v) is 5.04. The minimum Gasteiger partial charge on any atom is -0.381 e. The SMILES string of the molecule is COC1CCCCC1C(C)OCC=C(C)C. The van der Waals surface area contributed by atoms with E-state index < -0.39 is 0 Å². The Morgan fingerprint density at radius 1 is 1.31 bits per heavy atom. The van der Waals surface area contributed by atoms with Crippen LogP contribution in [-0.4, -0.2) is 25.9 Å². The predicted octanol–water partition coefficient (Wildman–Crippen LogP) is 3.56. The summed E-state index contributed by atoms with van der Waals surface area (Å²) in [6.45, 7) is 7.12. The van der Waals surface area contributed by atoms with Crippen molar-refractivity contribution in [3.8, 4) is 0 Å². The first-order chi connectivity index (χ1) is 7.65. The summed E-state index contributed by atoms with van der Waals surface area (Å²) < 4.78 is 11.4. The van der Waals surface area contributed by atoms with Crippen LogP contribution in [0.25, 0.3) is 0 Å². The lowest BCUT2D eigenvalue weighted by atomic mass is 9.83. The summed E-state index contributed by atoms with van der Waals surface area (Å²) in [4.78, 5) is 0. The quantitative estimate of drug-likeness (QED) is 0.667. The van der Waals surface area contributed by atoms with Gasteiger partial charge in [-0.3, -0.25) is 0 Å². The Hall–Kier alpha value is -0.340. The third kappa shape index (κ3) is 4.26. The highest BCUT2D eigenvalue weighted by atomic mass is 16.5. The number of rotatable bonds is 5. The molecule has 94 valence electrons. The molecule has 16 heavy (non-hydrogen) atoms. The monoisotopic (exact) mass is 226 g/mol. The van der Waals surface area contributed by atoms with E-state index >= 15 is 0 Å². The first-order valence-corrected chi connectivity index (χ1v) is 6.43. The molecule has 0 saturated heterocycles. The third-order valence-corrected chi connectivity index (χ3v) is 3.51. The van der Waals surface area contributed by atoms with Gasteiger partial charge in [0.15, 0.2) is 0 Å². The average molecular weight is 226 g/mol. The van der Waals surface area contributed by atoms with Gasteiger partial charge >= 0.3 is 0 Å². The summed E-state index contributed by atoms with van der Waals surface area (Å²) in [6, 6.07) is 0. The van der Waals surface area contributed by atoms with Crippen molar-refractivity contribution in [2.75, 3.05) is 13.7 Å². The number of allylic oxidation sites excluding steroid dienone is 1. The fraction of sp³-hybridized carbons (Fsp3) is 0.857. The van der Waals surface area contributed by atoms with E-state index in [0.29, 0.717) is 18.1 Å². The van der Waals surface area contributed by atoms with Crippen LogP contribution in [0.4, 0.5) is 0 Å². The summed E-state index contributed by atoms with van der Waals surface area (Å²) in [5.41, 5.74) is 1.32. The van der Waals surface area contributed by atoms with E-state index in [2.05, 4.69) is 26.8 Å². The highest BCUT2D eigenvalue weighted by Gasteiger charge is 2.29. The smallest absolute Gasteiger partial charge is 0.0653 e. The fourth-order valence-electron chi connectivity index (χ4n) is 2.45. The molecule has 1 rings (SSSR count). The van der Waals surface area contributed by atoms with Crippen molar-refractivity contribution in [3.05, 3.63) is 11.6 Å². The number of hydrogen-bond donors (Lipinski definition) is 0. The summed E-state index contributed by atoms with van der Waals surface area (Å²) >= 11 is 0. The Labute approximate surface area is 100 Å². The van der Waals surface area contributed by atoms with Crippen LogP contribution < -0.4 is 0 Å². The maximum Gasteiger partial charge on any atom is 0.0653 e. The highest BCUT2D eigenvalue weighted by molar-refractivity contribution is 4.93. The molecule has 0 N–H and O–H groups in total. The van der Waals surface area contributed by atoms with Gasteiger partial charge in [-0.15, -0.1) is 0 Å². The molecular formula is C14H26O2. The molecule has 1 fully saturated rings. The molecular weight excluding hydrogens is 200 g/mol. The molecule has 0 aromatic rings. The number of hydrogen-bond acceptors (Lipinski definition) is 2. The lowest BCUT2D eigenvalue weighted by molar-refractivity contribution is -0.0539. The lowest BCUT2D eigenvalue weighted by Crippen LogP contribution is -2.35. The molecule has 0 radical (unpaired) electrons. The van der Waals surface area contributed by atoms with E-state index in [4.69, 9.17) is 9.47 Å². The van der Waals surface area contributed by atoms with Crippen molar-refractivity contribution in [1.82, 2.24) is 0 Å². The van der Waals surface area contributed by atoms with Gasteiger partial charge in [0.2, 0.25) is 0 Å². The normalized spacial score (nSPS) is 27.5. The van der Waals surface area contributed by atoms with E-state index in [9.17, 15) is 0 Å². The largest absolute Gasteiger partial charge is 0.381 e. The van der Waals surface area contributed by atoms with Crippen molar-refractivity contribution >= 4 is 0 Å². The van der Waals surface area contributed by atoms with Crippen LogP contribution in [0.5, 0.6) is 0 Å². The van der Waals surface area contributed by atoms with Gasteiger partial charge in [-0.05, 0) is 33.6 Å². The van der Waals surface area contributed by atoms with Crippen LogP contribution in [-0.2, 0) is 9.47 Å². The van der Waals surface area contributed by atoms with Gasteiger partial charge in [0.25, 0.3) is 0 Å². The molecule has 1 aliphatic rings. The topological polar surface area (TPSA) is 18.5 Å². The minimum absolute atomic E-state index is 0.306. The average Bonchev–Trinajstić information content (AvgIpc) is 2.28. The zero-order valence-corrected chi connectivity index (χ0v) is 11.2. The maximum absolute atomic E-state index is 5.87. The molecule has 1 saturated carbocycles. The molecule has 2 heteroatoms. The highest BCUT2D eigenvalue weighted by Crippen LogP contribution is 2.30. The van der Waals surface area contributed by atoms with Crippen molar-refractivity contribution < 1.29 is 9.47 Å². The first kappa shape index (κ1) is 13.7. The summed E-state index contributed by atoms with van der Waals surface area (Å²) in [5, 5.41) is 0. The Morgan fingerprint density at radius 2 is 2.00 bits per heavy atom. The molecule has 0 heterocycles.